The molecule has 1 aliphatic heterocycles. The van der Waals surface area contributed by atoms with Gasteiger partial charge in [0.25, 0.3) is 0 Å². The highest BCUT2D eigenvalue weighted by Crippen LogP contribution is 2.50. The average molecular weight is 479 g/mol. The van der Waals surface area contributed by atoms with Crippen molar-refractivity contribution in [1.29, 1.82) is 0 Å². The molecule has 0 amide bonds. The second-order valence-corrected chi connectivity index (χ2v) is 8.79. The van der Waals surface area contributed by atoms with E-state index in [0.717, 1.165) is 51.2 Å². The van der Waals surface area contributed by atoms with E-state index in [1.54, 1.807) is 0 Å². The molecular weight excluding hydrogens is 456 g/mol. The first-order valence-electron chi connectivity index (χ1n) is 12.2. The zero-order valence-electron chi connectivity index (χ0n) is 19.9. The zero-order chi connectivity index (χ0) is 24.6. The molecule has 0 unspecified atom stereocenters. The minimum Gasteiger partial charge on any atom is -0.453 e. The Morgan fingerprint density at radius 2 is 1.00 bits per heavy atom. The number of aromatic nitrogens is 3. The van der Waals surface area contributed by atoms with E-state index in [1.165, 1.54) is 0 Å². The van der Waals surface area contributed by atoms with Gasteiger partial charge < -0.3 is 9.64 Å². The molecule has 0 radical (unpaired) electrons. The van der Waals surface area contributed by atoms with Crippen LogP contribution < -0.4 is 9.64 Å². The maximum atomic E-state index is 6.17. The maximum absolute atomic E-state index is 6.17. The molecule has 176 valence electrons. The van der Waals surface area contributed by atoms with Gasteiger partial charge in [-0.3, -0.25) is 0 Å². The smallest absolute Gasteiger partial charge is 0.182 e. The largest absolute Gasteiger partial charge is 0.453 e. The molecule has 0 fully saturated rings. The molecule has 5 nitrogen and oxygen atoms in total. The maximum Gasteiger partial charge on any atom is 0.182 e. The minimum absolute atomic E-state index is 0.694. The van der Waals surface area contributed by atoms with E-state index < -0.39 is 0 Å². The van der Waals surface area contributed by atoms with Crippen LogP contribution >= 0.6 is 0 Å². The fourth-order valence-corrected chi connectivity index (χ4v) is 4.70. The van der Waals surface area contributed by atoms with Crippen LogP contribution in [0.3, 0.4) is 0 Å². The lowest BCUT2D eigenvalue weighted by molar-refractivity contribution is 0.477. The predicted octanol–water partition coefficient (Wildman–Crippen LogP) is 8.18. The number of para-hydroxylation sites is 4. The van der Waals surface area contributed by atoms with Crippen molar-refractivity contribution in [2.45, 2.75) is 0 Å². The molecule has 5 heteroatoms. The molecule has 0 aliphatic carbocycles. The summed E-state index contributed by atoms with van der Waals surface area (Å²) in [6.07, 6.45) is 0. The molecule has 7 rings (SSSR count). The summed E-state index contributed by atoms with van der Waals surface area (Å²) in [6, 6.07) is 44.9. The van der Waals surface area contributed by atoms with Gasteiger partial charge in [-0.1, -0.05) is 84.9 Å². The number of ether oxygens (including phenoxy) is 1. The molecule has 0 atom stereocenters. The van der Waals surface area contributed by atoms with Crippen LogP contribution in [0.1, 0.15) is 0 Å². The zero-order valence-corrected chi connectivity index (χ0v) is 19.9. The predicted molar refractivity (Wildman–Crippen MR) is 147 cm³/mol. The molecule has 0 spiro atoms. The Morgan fingerprint density at radius 3 is 1.62 bits per heavy atom. The molecule has 0 saturated carbocycles. The number of rotatable bonds is 4. The first-order valence-corrected chi connectivity index (χ1v) is 12.2. The number of fused-ring (bicyclic) bond motifs is 2. The lowest BCUT2D eigenvalue weighted by Crippen LogP contribution is -2.15. The monoisotopic (exact) mass is 478 g/mol. The Kier molecular flexibility index (Phi) is 5.03. The van der Waals surface area contributed by atoms with Crippen LogP contribution in [0, 0.1) is 0 Å². The molecule has 1 aliphatic rings. The topological polar surface area (TPSA) is 43.2 Å². The summed E-state index contributed by atoms with van der Waals surface area (Å²) in [4.78, 5) is 7.15. The Morgan fingerprint density at radius 1 is 0.486 bits per heavy atom. The average Bonchev–Trinajstić information content (AvgIpc) is 3.43. The van der Waals surface area contributed by atoms with Gasteiger partial charge in [-0.15, -0.1) is 5.10 Å². The highest BCUT2D eigenvalue weighted by molar-refractivity contribution is 5.86. The van der Waals surface area contributed by atoms with E-state index in [2.05, 4.69) is 53.4 Å². The van der Waals surface area contributed by atoms with E-state index in [9.17, 15) is 0 Å². The van der Waals surface area contributed by atoms with Crippen LogP contribution in [0.15, 0.2) is 133 Å². The molecule has 6 aromatic rings. The van der Waals surface area contributed by atoms with Crippen molar-refractivity contribution in [2.24, 2.45) is 0 Å². The van der Waals surface area contributed by atoms with Crippen LogP contribution in [0.5, 0.6) is 11.5 Å². The molecular formula is C32H22N4O. The van der Waals surface area contributed by atoms with Gasteiger partial charge >= 0.3 is 0 Å². The van der Waals surface area contributed by atoms with Gasteiger partial charge in [0.1, 0.15) is 0 Å². The van der Waals surface area contributed by atoms with Crippen molar-refractivity contribution >= 4 is 17.1 Å². The summed E-state index contributed by atoms with van der Waals surface area (Å²) in [5.41, 5.74) is 5.98. The first-order chi connectivity index (χ1) is 18.3. The number of benzene rings is 5. The van der Waals surface area contributed by atoms with Gasteiger partial charge in [-0.25, -0.2) is 9.67 Å². The SMILES string of the molecule is c1ccc(-c2nc(-c3ccccc3)n(-c3ccc(N4c5ccccc5Oc5ccccc54)cc3)n2)cc1. The van der Waals surface area contributed by atoms with E-state index >= 15 is 0 Å². The molecule has 1 aromatic heterocycles. The van der Waals surface area contributed by atoms with Gasteiger partial charge in [-0.2, -0.15) is 0 Å². The van der Waals surface area contributed by atoms with Crippen molar-refractivity contribution in [2.75, 3.05) is 4.90 Å². The van der Waals surface area contributed by atoms with E-state index in [0.29, 0.717) is 5.82 Å². The summed E-state index contributed by atoms with van der Waals surface area (Å²) in [5.74, 6) is 3.16. The van der Waals surface area contributed by atoms with Crippen LogP contribution in [0.4, 0.5) is 17.1 Å². The Labute approximate surface area is 214 Å². The summed E-state index contributed by atoms with van der Waals surface area (Å²) < 4.78 is 8.09. The van der Waals surface area contributed by atoms with Crippen LogP contribution in [0.25, 0.3) is 28.5 Å². The van der Waals surface area contributed by atoms with Crippen LogP contribution in [-0.2, 0) is 0 Å². The van der Waals surface area contributed by atoms with E-state index in [4.69, 9.17) is 14.8 Å². The quantitative estimate of drug-likeness (QED) is 0.256. The van der Waals surface area contributed by atoms with Gasteiger partial charge in [0.15, 0.2) is 23.1 Å². The number of anilines is 3. The molecule has 0 saturated heterocycles. The third-order valence-corrected chi connectivity index (χ3v) is 6.46. The fraction of sp³-hybridized carbons (Fsp3) is 0. The summed E-state index contributed by atoms with van der Waals surface area (Å²) in [7, 11) is 0. The van der Waals surface area contributed by atoms with E-state index in [-0.39, 0.29) is 0 Å². The minimum atomic E-state index is 0.694. The Hall–Kier alpha value is -5.16. The molecule has 0 N–H and O–H groups in total. The third-order valence-electron chi connectivity index (χ3n) is 6.46. The van der Waals surface area contributed by atoms with Crippen molar-refractivity contribution in [3.8, 4) is 40.0 Å². The third kappa shape index (κ3) is 3.74. The van der Waals surface area contributed by atoms with Gasteiger partial charge in [0, 0.05) is 16.8 Å². The highest BCUT2D eigenvalue weighted by atomic mass is 16.5. The lowest BCUT2D eigenvalue weighted by Gasteiger charge is -2.32. The van der Waals surface area contributed by atoms with Crippen molar-refractivity contribution in [3.05, 3.63) is 133 Å². The molecule has 2 heterocycles. The van der Waals surface area contributed by atoms with Crippen molar-refractivity contribution in [1.82, 2.24) is 14.8 Å². The Balaban J connectivity index is 1.33. The molecule has 0 bridgehead atoms. The van der Waals surface area contributed by atoms with Crippen LogP contribution in [-0.4, -0.2) is 14.8 Å². The van der Waals surface area contributed by atoms with Gasteiger partial charge in [0.2, 0.25) is 0 Å². The number of hydrogen-bond acceptors (Lipinski definition) is 4. The highest BCUT2D eigenvalue weighted by Gasteiger charge is 2.25. The van der Waals surface area contributed by atoms with Crippen LogP contribution in [0.2, 0.25) is 0 Å². The number of hydrogen-bond donors (Lipinski definition) is 0. The normalized spacial score (nSPS) is 11.9. The molecule has 37 heavy (non-hydrogen) atoms. The van der Waals surface area contributed by atoms with E-state index in [1.807, 2.05) is 89.6 Å². The fourth-order valence-electron chi connectivity index (χ4n) is 4.70. The Bertz CT molecular complexity index is 1650. The van der Waals surface area contributed by atoms with Gasteiger partial charge in [-0.05, 0) is 48.5 Å². The van der Waals surface area contributed by atoms with Crippen molar-refractivity contribution < 1.29 is 4.74 Å². The summed E-state index contributed by atoms with van der Waals surface area (Å²) in [5, 5.41) is 4.91. The number of nitrogens with zero attached hydrogens (tertiary/aromatic N) is 4. The second-order valence-electron chi connectivity index (χ2n) is 8.79. The molecule has 5 aromatic carbocycles. The summed E-state index contributed by atoms with van der Waals surface area (Å²) >= 11 is 0. The first kappa shape index (κ1) is 21.1. The summed E-state index contributed by atoms with van der Waals surface area (Å²) in [6.45, 7) is 0. The lowest BCUT2D eigenvalue weighted by atomic mass is 10.1. The van der Waals surface area contributed by atoms with Gasteiger partial charge in [0.05, 0.1) is 17.1 Å². The van der Waals surface area contributed by atoms with Crippen molar-refractivity contribution in [3.63, 3.8) is 0 Å². The standard InChI is InChI=1S/C32H22N4O/c1-3-11-23(12-4-1)31-33-32(24-13-5-2-6-14-24)36(34-31)26-21-19-25(20-22-26)35-27-15-7-9-17-29(27)37-30-18-10-8-16-28(30)35/h1-22H. The second kappa shape index (κ2) is 8.81.